The van der Waals surface area contributed by atoms with Crippen molar-refractivity contribution in [3.8, 4) is 0 Å². The molecule has 1 aliphatic carbocycles. The van der Waals surface area contributed by atoms with Crippen LogP contribution in [-0.2, 0) is 0 Å². The minimum atomic E-state index is -0.793. The van der Waals surface area contributed by atoms with Gasteiger partial charge in [-0.3, -0.25) is 5.43 Å². The summed E-state index contributed by atoms with van der Waals surface area (Å²) in [5.41, 5.74) is 8.82. The summed E-state index contributed by atoms with van der Waals surface area (Å²) in [4.78, 5) is 0. The first kappa shape index (κ1) is 6.45. The summed E-state index contributed by atoms with van der Waals surface area (Å²) < 4.78 is 12.6. The lowest BCUT2D eigenvalue weighted by Crippen LogP contribution is -2.28. The average molecular weight is 131 g/mol. The quantitative estimate of drug-likeness (QED) is 0.432. The largest absolute Gasteiger partial charge is 0.286 e. The minimum Gasteiger partial charge on any atom is -0.286 e. The van der Waals surface area contributed by atoms with E-state index in [1.807, 2.05) is 0 Å². The molecule has 0 saturated heterocycles. The first-order chi connectivity index (χ1) is 4.34. The van der Waals surface area contributed by atoms with Crippen LogP contribution in [0.2, 0.25) is 0 Å². The highest BCUT2D eigenvalue weighted by Gasteiger charge is 2.26. The van der Waals surface area contributed by atoms with Gasteiger partial charge in [0.2, 0.25) is 0 Å². The van der Waals surface area contributed by atoms with Crippen molar-refractivity contribution in [2.24, 2.45) is 5.22 Å². The van der Waals surface area contributed by atoms with Gasteiger partial charge >= 0.3 is 0 Å². The van der Waals surface area contributed by atoms with Crippen LogP contribution in [0.5, 0.6) is 0 Å². The molecule has 2 unspecified atom stereocenters. The van der Waals surface area contributed by atoms with Gasteiger partial charge in [0.15, 0.2) is 0 Å². The van der Waals surface area contributed by atoms with Crippen molar-refractivity contribution in [3.63, 3.8) is 0 Å². The number of hydrogen-bond acceptors (Lipinski definition) is 2. The second kappa shape index (κ2) is 2.75. The molecule has 3 nitrogen and oxygen atoms in total. The number of alkyl halides is 1. The maximum absolute atomic E-state index is 12.6. The van der Waals surface area contributed by atoms with E-state index in [-0.39, 0.29) is 6.04 Å². The fourth-order valence-corrected chi connectivity index (χ4v) is 1.14. The molecule has 0 radical (unpaired) electrons. The van der Waals surface area contributed by atoms with E-state index < -0.39 is 6.17 Å². The number of nitrogens with one attached hydrogen (secondary N) is 2. The van der Waals surface area contributed by atoms with Gasteiger partial charge in [-0.15, -0.1) is 0 Å². The normalized spacial score (nSPS) is 34.3. The summed E-state index contributed by atoms with van der Waals surface area (Å²) in [6.45, 7) is 0. The Bertz CT molecular complexity index is 106. The van der Waals surface area contributed by atoms with Crippen LogP contribution in [0.1, 0.15) is 19.3 Å². The zero-order valence-electron chi connectivity index (χ0n) is 5.10. The fraction of sp³-hybridized carbons (Fsp3) is 1.00. The van der Waals surface area contributed by atoms with Crippen LogP contribution in [0.25, 0.3) is 0 Å². The van der Waals surface area contributed by atoms with Gasteiger partial charge in [-0.25, -0.2) is 4.39 Å². The highest BCUT2D eigenvalue weighted by atomic mass is 19.1. The lowest BCUT2D eigenvalue weighted by atomic mass is 10.2. The molecule has 1 saturated carbocycles. The highest BCUT2D eigenvalue weighted by Crippen LogP contribution is 2.21. The molecule has 1 rings (SSSR count). The molecule has 0 aromatic heterocycles. The Morgan fingerprint density at radius 2 is 2.33 bits per heavy atom. The standard InChI is InChI=1S/C5H10FN3/c6-4-2-1-3-5(4)8-9-7/h4-5H,1-3H2,(H2,7,8). The number of nitrogens with zero attached hydrogens (tertiary/aromatic N) is 1. The molecule has 9 heavy (non-hydrogen) atoms. The smallest absolute Gasteiger partial charge is 0.122 e. The van der Waals surface area contributed by atoms with Crippen molar-refractivity contribution in [2.75, 3.05) is 0 Å². The first-order valence-corrected chi connectivity index (χ1v) is 3.10. The Labute approximate surface area is 53.1 Å². The predicted molar refractivity (Wildman–Crippen MR) is 30.8 cm³/mol. The van der Waals surface area contributed by atoms with Crippen LogP contribution in [0.15, 0.2) is 5.22 Å². The molecular formula is C5H10FN3. The Balaban J connectivity index is 2.30. The van der Waals surface area contributed by atoms with E-state index in [2.05, 4.69) is 10.6 Å². The van der Waals surface area contributed by atoms with Crippen molar-refractivity contribution >= 4 is 0 Å². The van der Waals surface area contributed by atoms with Crippen molar-refractivity contribution in [3.05, 3.63) is 0 Å². The SMILES string of the molecule is N=NNC1CCCC1F. The second-order valence-corrected chi connectivity index (χ2v) is 2.29. The Kier molecular flexibility index (Phi) is 1.97. The van der Waals surface area contributed by atoms with Crippen LogP contribution >= 0.6 is 0 Å². The summed E-state index contributed by atoms with van der Waals surface area (Å²) in [5, 5.41) is 2.93. The Morgan fingerprint density at radius 1 is 1.56 bits per heavy atom. The van der Waals surface area contributed by atoms with E-state index in [0.717, 1.165) is 12.8 Å². The van der Waals surface area contributed by atoms with Gasteiger partial charge in [-0.1, -0.05) is 5.22 Å². The summed E-state index contributed by atoms with van der Waals surface area (Å²) in [6.07, 6.45) is 1.55. The van der Waals surface area contributed by atoms with E-state index in [1.165, 1.54) is 0 Å². The molecule has 0 aromatic carbocycles. The molecule has 0 aromatic rings. The van der Waals surface area contributed by atoms with Crippen molar-refractivity contribution in [2.45, 2.75) is 31.5 Å². The third-order valence-electron chi connectivity index (χ3n) is 1.66. The van der Waals surface area contributed by atoms with E-state index in [9.17, 15) is 4.39 Å². The zero-order chi connectivity index (χ0) is 6.69. The van der Waals surface area contributed by atoms with Crippen LogP contribution in [-0.4, -0.2) is 12.2 Å². The van der Waals surface area contributed by atoms with Gasteiger partial charge in [-0.2, -0.15) is 5.53 Å². The first-order valence-electron chi connectivity index (χ1n) is 3.10. The third-order valence-corrected chi connectivity index (χ3v) is 1.66. The number of rotatable bonds is 2. The van der Waals surface area contributed by atoms with Gasteiger partial charge in [0.25, 0.3) is 0 Å². The topological polar surface area (TPSA) is 48.2 Å². The molecule has 1 fully saturated rings. The minimum absolute atomic E-state index is 0.192. The highest BCUT2D eigenvalue weighted by molar-refractivity contribution is 4.80. The van der Waals surface area contributed by atoms with Crippen LogP contribution in [0, 0.1) is 5.53 Å². The summed E-state index contributed by atoms with van der Waals surface area (Å²) in [5.74, 6) is 0. The van der Waals surface area contributed by atoms with Crippen molar-refractivity contribution < 1.29 is 4.39 Å². The molecular weight excluding hydrogens is 121 g/mol. The maximum Gasteiger partial charge on any atom is 0.122 e. The van der Waals surface area contributed by atoms with E-state index in [0.29, 0.717) is 6.42 Å². The fourth-order valence-electron chi connectivity index (χ4n) is 1.14. The van der Waals surface area contributed by atoms with Gasteiger partial charge in [0.1, 0.15) is 6.17 Å². The Morgan fingerprint density at radius 3 is 2.78 bits per heavy atom. The molecule has 4 heteroatoms. The van der Waals surface area contributed by atoms with Crippen LogP contribution in [0.4, 0.5) is 4.39 Å². The molecule has 52 valence electrons. The second-order valence-electron chi connectivity index (χ2n) is 2.29. The van der Waals surface area contributed by atoms with Crippen LogP contribution in [0.3, 0.4) is 0 Å². The lowest BCUT2D eigenvalue weighted by molar-refractivity contribution is 0.278. The molecule has 2 N–H and O–H groups in total. The number of hydrogen-bond donors (Lipinski definition) is 2. The predicted octanol–water partition coefficient (Wildman–Crippen LogP) is 1.41. The molecule has 0 spiro atoms. The van der Waals surface area contributed by atoms with Crippen LogP contribution < -0.4 is 5.43 Å². The summed E-state index contributed by atoms with van der Waals surface area (Å²) in [7, 11) is 0. The summed E-state index contributed by atoms with van der Waals surface area (Å²) >= 11 is 0. The van der Waals surface area contributed by atoms with Crippen molar-refractivity contribution in [1.82, 2.24) is 5.43 Å². The van der Waals surface area contributed by atoms with Gasteiger partial charge in [0.05, 0.1) is 6.04 Å². The van der Waals surface area contributed by atoms with Gasteiger partial charge < -0.3 is 0 Å². The van der Waals surface area contributed by atoms with Crippen molar-refractivity contribution in [1.29, 1.82) is 5.53 Å². The number of halogens is 1. The van der Waals surface area contributed by atoms with E-state index in [4.69, 9.17) is 5.53 Å². The van der Waals surface area contributed by atoms with E-state index in [1.54, 1.807) is 0 Å². The average Bonchev–Trinajstić information content (AvgIpc) is 2.18. The van der Waals surface area contributed by atoms with E-state index >= 15 is 0 Å². The zero-order valence-corrected chi connectivity index (χ0v) is 5.10. The molecule has 1 aliphatic rings. The Hall–Kier alpha value is -0.670. The van der Waals surface area contributed by atoms with Gasteiger partial charge in [0, 0.05) is 0 Å². The molecule has 0 amide bonds. The molecule has 2 atom stereocenters. The third kappa shape index (κ3) is 1.37. The molecule has 0 aliphatic heterocycles. The maximum atomic E-state index is 12.6. The molecule has 0 heterocycles. The van der Waals surface area contributed by atoms with Gasteiger partial charge in [-0.05, 0) is 19.3 Å². The monoisotopic (exact) mass is 131 g/mol. The summed E-state index contributed by atoms with van der Waals surface area (Å²) in [6, 6.07) is -0.192. The molecule has 0 bridgehead atoms. The lowest BCUT2D eigenvalue weighted by Gasteiger charge is -2.08.